The number of hydrogen-bond donors (Lipinski definition) is 2. The first kappa shape index (κ1) is 12.7. The van der Waals surface area contributed by atoms with Crippen LogP contribution in [0.4, 0.5) is 11.4 Å². The number of methoxy groups -OCH3 is 1. The van der Waals surface area contributed by atoms with E-state index in [2.05, 4.69) is 5.32 Å². The van der Waals surface area contributed by atoms with Gasteiger partial charge in [0.1, 0.15) is 0 Å². The second-order valence-electron chi connectivity index (χ2n) is 4.81. The molecule has 1 saturated carbocycles. The van der Waals surface area contributed by atoms with Crippen molar-refractivity contribution in [2.45, 2.75) is 25.7 Å². The van der Waals surface area contributed by atoms with Gasteiger partial charge in [-0.1, -0.05) is 12.8 Å². The van der Waals surface area contributed by atoms with Crippen molar-refractivity contribution in [1.82, 2.24) is 0 Å². The van der Waals surface area contributed by atoms with E-state index in [0.717, 1.165) is 24.6 Å². The van der Waals surface area contributed by atoms with Crippen molar-refractivity contribution in [3.63, 3.8) is 0 Å². The van der Waals surface area contributed by atoms with Gasteiger partial charge in [0.2, 0.25) is 0 Å². The molecule has 0 atom stereocenters. The molecule has 0 aromatic heterocycles. The number of benzene rings is 1. The van der Waals surface area contributed by atoms with Crippen LogP contribution >= 0.6 is 0 Å². The van der Waals surface area contributed by atoms with Crippen LogP contribution in [0, 0.1) is 5.92 Å². The fourth-order valence-corrected chi connectivity index (χ4v) is 2.02. The van der Waals surface area contributed by atoms with E-state index in [1.807, 2.05) is 6.07 Å². The van der Waals surface area contributed by atoms with E-state index in [1.54, 1.807) is 12.1 Å². The number of rotatable bonds is 6. The molecule has 18 heavy (non-hydrogen) atoms. The van der Waals surface area contributed by atoms with Crippen LogP contribution in [0.1, 0.15) is 36.0 Å². The average Bonchev–Trinajstić information content (AvgIpc) is 3.19. The molecule has 0 bridgehead atoms. The summed E-state index contributed by atoms with van der Waals surface area (Å²) in [7, 11) is 1.38. The van der Waals surface area contributed by atoms with Gasteiger partial charge >= 0.3 is 5.97 Å². The monoisotopic (exact) mass is 248 g/mol. The average molecular weight is 248 g/mol. The maximum Gasteiger partial charge on any atom is 0.340 e. The molecule has 1 aliphatic rings. The Morgan fingerprint density at radius 1 is 1.50 bits per heavy atom. The Bertz CT molecular complexity index is 428. The van der Waals surface area contributed by atoms with E-state index >= 15 is 0 Å². The molecule has 98 valence electrons. The van der Waals surface area contributed by atoms with Crippen molar-refractivity contribution < 1.29 is 9.53 Å². The lowest BCUT2D eigenvalue weighted by atomic mass is 10.1. The van der Waals surface area contributed by atoms with E-state index < -0.39 is 0 Å². The van der Waals surface area contributed by atoms with Crippen molar-refractivity contribution >= 4 is 17.3 Å². The summed E-state index contributed by atoms with van der Waals surface area (Å²) in [4.78, 5) is 11.6. The summed E-state index contributed by atoms with van der Waals surface area (Å²) in [5.41, 5.74) is 7.56. The summed E-state index contributed by atoms with van der Waals surface area (Å²) in [6, 6.07) is 5.27. The lowest BCUT2D eigenvalue weighted by Gasteiger charge is -2.11. The summed E-state index contributed by atoms with van der Waals surface area (Å²) >= 11 is 0. The molecule has 2 rings (SSSR count). The smallest absolute Gasteiger partial charge is 0.340 e. The van der Waals surface area contributed by atoms with Crippen LogP contribution in [0.5, 0.6) is 0 Å². The molecule has 0 heterocycles. The summed E-state index contributed by atoms with van der Waals surface area (Å²) in [5.74, 6) is 0.588. The van der Waals surface area contributed by atoms with Crippen LogP contribution in [-0.4, -0.2) is 19.6 Å². The third kappa shape index (κ3) is 3.39. The zero-order valence-corrected chi connectivity index (χ0v) is 10.7. The van der Waals surface area contributed by atoms with E-state index in [0.29, 0.717) is 11.3 Å². The Balaban J connectivity index is 1.94. The van der Waals surface area contributed by atoms with Gasteiger partial charge in [-0.2, -0.15) is 0 Å². The Kier molecular flexibility index (Phi) is 4.07. The molecule has 1 aromatic carbocycles. The molecule has 0 aliphatic heterocycles. The topological polar surface area (TPSA) is 64.3 Å². The fraction of sp³-hybridized carbons (Fsp3) is 0.500. The lowest BCUT2D eigenvalue weighted by Crippen LogP contribution is -2.10. The zero-order chi connectivity index (χ0) is 13.0. The number of carbonyl (C=O) groups is 1. The molecule has 0 spiro atoms. The van der Waals surface area contributed by atoms with E-state index in [-0.39, 0.29) is 5.97 Å². The van der Waals surface area contributed by atoms with Gasteiger partial charge in [-0.25, -0.2) is 4.79 Å². The normalized spacial score (nSPS) is 14.3. The van der Waals surface area contributed by atoms with E-state index in [9.17, 15) is 4.79 Å². The predicted molar refractivity (Wildman–Crippen MR) is 72.6 cm³/mol. The maximum absolute atomic E-state index is 11.6. The molecule has 3 N–H and O–H groups in total. The van der Waals surface area contributed by atoms with Gasteiger partial charge in [-0.15, -0.1) is 0 Å². The zero-order valence-electron chi connectivity index (χ0n) is 10.7. The molecule has 0 unspecified atom stereocenters. The number of nitrogens with one attached hydrogen (secondary N) is 1. The number of nitrogens with two attached hydrogens (primary N) is 1. The number of ether oxygens (including phenoxy) is 1. The van der Waals surface area contributed by atoms with E-state index in [1.165, 1.54) is 26.4 Å². The van der Waals surface area contributed by atoms with Gasteiger partial charge in [-0.05, 0) is 37.0 Å². The highest BCUT2D eigenvalue weighted by molar-refractivity contribution is 5.96. The molecule has 4 heteroatoms. The summed E-state index contributed by atoms with van der Waals surface area (Å²) < 4.78 is 4.75. The Morgan fingerprint density at radius 3 is 2.94 bits per heavy atom. The first-order valence-electron chi connectivity index (χ1n) is 6.42. The molecular formula is C14H20N2O2. The van der Waals surface area contributed by atoms with Crippen LogP contribution in [0.3, 0.4) is 0 Å². The standard InChI is InChI=1S/C14H20N2O2/c1-18-14(17)12-9-11(15)6-7-13(12)16-8-2-3-10-4-5-10/h6-7,9-10,16H,2-5,8,15H2,1H3. The SMILES string of the molecule is COC(=O)c1cc(N)ccc1NCCCC1CC1. The maximum atomic E-state index is 11.6. The number of anilines is 2. The molecule has 0 saturated heterocycles. The van der Waals surface area contributed by atoms with Gasteiger partial charge in [0.25, 0.3) is 0 Å². The van der Waals surface area contributed by atoms with E-state index in [4.69, 9.17) is 10.5 Å². The third-order valence-electron chi connectivity index (χ3n) is 3.25. The van der Waals surface area contributed by atoms with Crippen molar-refractivity contribution in [3.8, 4) is 0 Å². The minimum atomic E-state index is -0.355. The highest BCUT2D eigenvalue weighted by Crippen LogP contribution is 2.33. The number of hydrogen-bond acceptors (Lipinski definition) is 4. The first-order valence-corrected chi connectivity index (χ1v) is 6.42. The molecule has 0 amide bonds. The van der Waals surface area contributed by atoms with Gasteiger partial charge in [0, 0.05) is 17.9 Å². The molecular weight excluding hydrogens is 228 g/mol. The van der Waals surface area contributed by atoms with Gasteiger partial charge < -0.3 is 15.8 Å². The molecule has 4 nitrogen and oxygen atoms in total. The number of carbonyl (C=O) groups excluding carboxylic acids is 1. The lowest BCUT2D eigenvalue weighted by molar-refractivity contribution is 0.0602. The number of esters is 1. The van der Waals surface area contributed by atoms with Crippen LogP contribution in [0.15, 0.2) is 18.2 Å². The predicted octanol–water partition coefficient (Wildman–Crippen LogP) is 2.66. The molecule has 0 radical (unpaired) electrons. The van der Waals surface area contributed by atoms with Gasteiger partial charge in [0.15, 0.2) is 0 Å². The summed E-state index contributed by atoms with van der Waals surface area (Å²) in [6.45, 7) is 0.879. The Morgan fingerprint density at radius 2 is 2.28 bits per heavy atom. The van der Waals surface area contributed by atoms with Crippen LogP contribution in [0.25, 0.3) is 0 Å². The fourth-order valence-electron chi connectivity index (χ4n) is 2.02. The first-order chi connectivity index (χ1) is 8.70. The highest BCUT2D eigenvalue weighted by Gasteiger charge is 2.20. The number of nitrogen functional groups attached to an aromatic ring is 1. The molecule has 1 aromatic rings. The van der Waals surface area contributed by atoms with Crippen molar-refractivity contribution in [2.24, 2.45) is 5.92 Å². The molecule has 1 fully saturated rings. The van der Waals surface area contributed by atoms with Crippen molar-refractivity contribution in [3.05, 3.63) is 23.8 Å². The summed E-state index contributed by atoms with van der Waals surface area (Å²) in [5, 5.41) is 3.28. The second kappa shape index (κ2) is 5.76. The Labute approximate surface area is 108 Å². The molecule has 1 aliphatic carbocycles. The van der Waals surface area contributed by atoms with Gasteiger partial charge in [-0.3, -0.25) is 0 Å². The third-order valence-corrected chi connectivity index (χ3v) is 3.25. The van der Waals surface area contributed by atoms with Crippen molar-refractivity contribution in [2.75, 3.05) is 24.7 Å². The quantitative estimate of drug-likeness (QED) is 0.461. The van der Waals surface area contributed by atoms with Crippen LogP contribution < -0.4 is 11.1 Å². The summed E-state index contributed by atoms with van der Waals surface area (Å²) in [6.07, 6.45) is 5.18. The highest BCUT2D eigenvalue weighted by atomic mass is 16.5. The largest absolute Gasteiger partial charge is 0.465 e. The van der Waals surface area contributed by atoms with Gasteiger partial charge in [0.05, 0.1) is 12.7 Å². The second-order valence-corrected chi connectivity index (χ2v) is 4.81. The minimum Gasteiger partial charge on any atom is -0.465 e. The van der Waals surface area contributed by atoms with Crippen LogP contribution in [0.2, 0.25) is 0 Å². The van der Waals surface area contributed by atoms with Crippen molar-refractivity contribution in [1.29, 1.82) is 0 Å². The van der Waals surface area contributed by atoms with Crippen LogP contribution in [-0.2, 0) is 4.74 Å². The Hall–Kier alpha value is -1.71. The minimum absolute atomic E-state index is 0.355.